The van der Waals surface area contributed by atoms with Crippen LogP contribution in [0.4, 0.5) is 41.9 Å². The van der Waals surface area contributed by atoms with Crippen molar-refractivity contribution in [1.82, 2.24) is 24.6 Å². The molecular formula is C31H36F3N9O3S. The fraction of sp³-hybridized carbons (Fsp3) is 0.355. The van der Waals surface area contributed by atoms with Crippen LogP contribution < -0.4 is 20.9 Å². The van der Waals surface area contributed by atoms with Gasteiger partial charge in [-0.1, -0.05) is 6.07 Å². The number of anilines is 5. The molecule has 4 aromatic rings. The second kappa shape index (κ2) is 13.6. The van der Waals surface area contributed by atoms with Crippen LogP contribution in [0.3, 0.4) is 0 Å². The first-order valence-corrected chi connectivity index (χ1v) is 16.9. The third-order valence-corrected chi connectivity index (χ3v) is 8.66. The van der Waals surface area contributed by atoms with Crippen molar-refractivity contribution in [3.05, 3.63) is 77.2 Å². The van der Waals surface area contributed by atoms with Crippen LogP contribution in [0.15, 0.2) is 54.9 Å². The van der Waals surface area contributed by atoms with Gasteiger partial charge in [-0.15, -0.1) is 0 Å². The third kappa shape index (κ3) is 8.56. The molecule has 5 rings (SSSR count). The molecule has 250 valence electrons. The summed E-state index contributed by atoms with van der Waals surface area (Å²) in [6, 6.07) is 12.1. The van der Waals surface area contributed by atoms with Crippen molar-refractivity contribution in [2.24, 2.45) is 0 Å². The first kappa shape index (κ1) is 33.7. The molecule has 2 aromatic carbocycles. The lowest BCUT2D eigenvalue weighted by atomic mass is 10.1. The van der Waals surface area contributed by atoms with Gasteiger partial charge in [-0.25, -0.2) is 18.4 Å². The van der Waals surface area contributed by atoms with Gasteiger partial charge in [0, 0.05) is 80.8 Å². The summed E-state index contributed by atoms with van der Waals surface area (Å²) in [5.74, 6) is 1.06. The van der Waals surface area contributed by atoms with Gasteiger partial charge in [0.1, 0.15) is 27.8 Å². The van der Waals surface area contributed by atoms with Crippen molar-refractivity contribution in [2.45, 2.75) is 20.0 Å². The molecule has 0 radical (unpaired) electrons. The number of hydrogen-bond acceptors (Lipinski definition) is 10. The number of halogens is 3. The molecule has 1 fully saturated rings. The molecule has 12 nitrogen and oxygen atoms in total. The van der Waals surface area contributed by atoms with Gasteiger partial charge in [0.05, 0.1) is 17.0 Å². The first-order valence-electron chi connectivity index (χ1n) is 14.8. The van der Waals surface area contributed by atoms with Gasteiger partial charge >= 0.3 is 6.18 Å². The molecule has 3 heterocycles. The van der Waals surface area contributed by atoms with Crippen molar-refractivity contribution in [3.63, 3.8) is 0 Å². The number of carbonyl (C=O) groups excluding carboxylic acids is 1. The SMILES string of the molecule is CNc1cc(-n2nc(C)cc2Nc2cc(NC(=O)c3cc(N4CCN(CCS(C)(=O)=O)CC4)cc(C(F)(F)F)c3)ccc2C)ncn1. The molecule has 0 aliphatic carbocycles. The van der Waals surface area contributed by atoms with E-state index in [4.69, 9.17) is 0 Å². The van der Waals surface area contributed by atoms with Crippen LogP contribution in [0.1, 0.15) is 27.2 Å². The summed E-state index contributed by atoms with van der Waals surface area (Å²) in [4.78, 5) is 25.6. The number of alkyl halides is 3. The summed E-state index contributed by atoms with van der Waals surface area (Å²) in [7, 11) is -1.38. The Morgan fingerprint density at radius 1 is 0.979 bits per heavy atom. The normalized spacial score (nSPS) is 14.2. The molecule has 1 amide bonds. The second-order valence-corrected chi connectivity index (χ2v) is 13.7. The molecule has 0 spiro atoms. The minimum absolute atomic E-state index is 0.0137. The Balaban J connectivity index is 1.35. The van der Waals surface area contributed by atoms with Crippen LogP contribution in [-0.2, 0) is 16.0 Å². The Kier molecular flexibility index (Phi) is 9.72. The highest BCUT2D eigenvalue weighted by atomic mass is 32.2. The van der Waals surface area contributed by atoms with Gasteiger partial charge in [0.15, 0.2) is 5.82 Å². The van der Waals surface area contributed by atoms with Crippen LogP contribution in [0.25, 0.3) is 5.82 Å². The van der Waals surface area contributed by atoms with Crippen LogP contribution in [0.5, 0.6) is 0 Å². The highest BCUT2D eigenvalue weighted by molar-refractivity contribution is 7.90. The fourth-order valence-electron chi connectivity index (χ4n) is 5.15. The van der Waals surface area contributed by atoms with Gasteiger partial charge in [-0.3, -0.25) is 9.69 Å². The molecule has 0 unspecified atom stereocenters. The molecule has 1 aliphatic rings. The van der Waals surface area contributed by atoms with E-state index >= 15 is 0 Å². The van der Waals surface area contributed by atoms with Gasteiger partial charge < -0.3 is 20.9 Å². The summed E-state index contributed by atoms with van der Waals surface area (Å²) in [5, 5.41) is 13.6. The number of aromatic nitrogens is 4. The minimum Gasteiger partial charge on any atom is -0.373 e. The van der Waals surface area contributed by atoms with Crippen LogP contribution in [-0.4, -0.2) is 90.8 Å². The van der Waals surface area contributed by atoms with E-state index in [-0.39, 0.29) is 17.0 Å². The van der Waals surface area contributed by atoms with Crippen molar-refractivity contribution in [1.29, 1.82) is 0 Å². The van der Waals surface area contributed by atoms with E-state index in [1.165, 1.54) is 18.6 Å². The molecule has 2 aromatic heterocycles. The van der Waals surface area contributed by atoms with Crippen LogP contribution in [0.2, 0.25) is 0 Å². The molecule has 0 bridgehead atoms. The summed E-state index contributed by atoms with van der Waals surface area (Å²) >= 11 is 0. The van der Waals surface area contributed by atoms with Gasteiger partial charge in [0.2, 0.25) is 0 Å². The molecule has 1 aliphatic heterocycles. The van der Waals surface area contributed by atoms with Crippen molar-refractivity contribution >= 4 is 44.4 Å². The first-order chi connectivity index (χ1) is 22.2. The number of amides is 1. The second-order valence-electron chi connectivity index (χ2n) is 11.4. The number of benzene rings is 2. The Bertz CT molecular complexity index is 1870. The van der Waals surface area contributed by atoms with Crippen molar-refractivity contribution < 1.29 is 26.4 Å². The maximum absolute atomic E-state index is 13.9. The van der Waals surface area contributed by atoms with E-state index in [9.17, 15) is 26.4 Å². The highest BCUT2D eigenvalue weighted by Gasteiger charge is 2.33. The van der Waals surface area contributed by atoms with E-state index < -0.39 is 27.5 Å². The topological polar surface area (TPSA) is 137 Å². The Morgan fingerprint density at radius 2 is 1.72 bits per heavy atom. The highest BCUT2D eigenvalue weighted by Crippen LogP contribution is 2.34. The lowest BCUT2D eigenvalue weighted by Gasteiger charge is -2.36. The zero-order chi connectivity index (χ0) is 33.9. The zero-order valence-electron chi connectivity index (χ0n) is 26.4. The van der Waals surface area contributed by atoms with Gasteiger partial charge in [0.25, 0.3) is 5.91 Å². The average Bonchev–Trinajstić information content (AvgIpc) is 3.40. The smallest absolute Gasteiger partial charge is 0.373 e. The van der Waals surface area contributed by atoms with Crippen molar-refractivity contribution in [2.75, 3.05) is 72.6 Å². The van der Waals surface area contributed by atoms with Gasteiger partial charge in [-0.2, -0.15) is 23.0 Å². The van der Waals surface area contributed by atoms with Crippen molar-refractivity contribution in [3.8, 4) is 5.82 Å². The summed E-state index contributed by atoms with van der Waals surface area (Å²) in [5.41, 5.74) is 1.81. The Labute approximate surface area is 270 Å². The number of piperazine rings is 1. The maximum Gasteiger partial charge on any atom is 0.416 e. The molecule has 0 saturated carbocycles. The molecule has 47 heavy (non-hydrogen) atoms. The Morgan fingerprint density at radius 3 is 2.40 bits per heavy atom. The van der Waals surface area contributed by atoms with E-state index in [0.29, 0.717) is 61.6 Å². The summed E-state index contributed by atoms with van der Waals surface area (Å²) in [6.45, 7) is 5.83. The number of sulfone groups is 1. The van der Waals surface area contributed by atoms with Crippen LogP contribution in [0, 0.1) is 13.8 Å². The monoisotopic (exact) mass is 671 g/mol. The largest absolute Gasteiger partial charge is 0.416 e. The average molecular weight is 672 g/mol. The molecular weight excluding hydrogens is 635 g/mol. The van der Waals surface area contributed by atoms with Gasteiger partial charge in [-0.05, 0) is 49.7 Å². The number of rotatable bonds is 10. The lowest BCUT2D eigenvalue weighted by Crippen LogP contribution is -2.47. The van der Waals surface area contributed by atoms with E-state index in [1.807, 2.05) is 24.8 Å². The quantitative estimate of drug-likeness (QED) is 0.221. The standard InChI is InChI=1S/C31H36F3N9O3S/c1-20-5-6-24(17-26(20)39-29-13-21(2)40-43(29)28-18-27(35-3)36-19-37-28)38-30(44)22-14-23(31(32,33)34)16-25(15-22)42-9-7-41(8-10-42)11-12-47(4,45)46/h5-6,13-19,39H,7-12H2,1-4H3,(H,38,44)(H,35,36,37). The number of hydrogen-bond donors (Lipinski definition) is 3. The predicted molar refractivity (Wildman–Crippen MR) is 176 cm³/mol. The number of aryl methyl sites for hydroxylation is 2. The zero-order valence-corrected chi connectivity index (χ0v) is 27.2. The molecule has 16 heteroatoms. The maximum atomic E-state index is 13.9. The predicted octanol–water partition coefficient (Wildman–Crippen LogP) is 4.50. The molecule has 3 N–H and O–H groups in total. The molecule has 1 saturated heterocycles. The lowest BCUT2D eigenvalue weighted by molar-refractivity contribution is -0.137. The van der Waals surface area contributed by atoms with E-state index in [1.54, 1.807) is 40.9 Å². The minimum atomic E-state index is -4.66. The van der Waals surface area contributed by atoms with E-state index in [2.05, 4.69) is 31.0 Å². The van der Waals surface area contributed by atoms with Crippen LogP contribution >= 0.6 is 0 Å². The number of carbonyl (C=O) groups is 1. The molecule has 0 atom stereocenters. The number of nitrogens with zero attached hydrogens (tertiary/aromatic N) is 6. The summed E-state index contributed by atoms with van der Waals surface area (Å²) in [6.07, 6.45) is -2.07. The summed E-state index contributed by atoms with van der Waals surface area (Å²) < 4.78 is 66.5. The third-order valence-electron chi connectivity index (χ3n) is 7.74. The Hall–Kier alpha value is -4.70. The number of nitrogens with one attached hydrogen (secondary N) is 3. The fourth-order valence-corrected chi connectivity index (χ4v) is 5.74. The van der Waals surface area contributed by atoms with E-state index in [0.717, 1.165) is 23.4 Å².